The van der Waals surface area contributed by atoms with E-state index in [0.717, 1.165) is 18.6 Å². The predicted octanol–water partition coefficient (Wildman–Crippen LogP) is 4.69. The van der Waals surface area contributed by atoms with Gasteiger partial charge in [0.05, 0.1) is 6.10 Å². The highest BCUT2D eigenvalue weighted by atomic mass is 16.5. The molecule has 0 spiro atoms. The SMILES string of the molecule is CCC(C)(C)c1ccc(OCC(O)CC2CCCC2)cc1. The highest BCUT2D eigenvalue weighted by Gasteiger charge is 2.20. The van der Waals surface area contributed by atoms with E-state index in [2.05, 4.69) is 32.9 Å². The molecule has 1 fully saturated rings. The summed E-state index contributed by atoms with van der Waals surface area (Å²) < 4.78 is 5.73. The molecule has 1 unspecified atom stereocenters. The second kappa shape index (κ2) is 7.31. The highest BCUT2D eigenvalue weighted by Crippen LogP contribution is 2.29. The van der Waals surface area contributed by atoms with Crippen LogP contribution in [0.25, 0.3) is 0 Å². The number of hydrogen-bond donors (Lipinski definition) is 1. The van der Waals surface area contributed by atoms with E-state index in [9.17, 15) is 5.11 Å². The number of aliphatic hydroxyl groups is 1. The van der Waals surface area contributed by atoms with Gasteiger partial charge in [-0.05, 0) is 41.9 Å². The van der Waals surface area contributed by atoms with Gasteiger partial charge in [0.2, 0.25) is 0 Å². The van der Waals surface area contributed by atoms with Crippen LogP contribution in [-0.2, 0) is 5.41 Å². The first-order chi connectivity index (χ1) is 10.0. The first kappa shape index (κ1) is 16.4. The topological polar surface area (TPSA) is 29.5 Å². The van der Waals surface area contributed by atoms with Crippen molar-refractivity contribution in [3.8, 4) is 5.75 Å². The van der Waals surface area contributed by atoms with Crippen LogP contribution in [0.1, 0.15) is 64.9 Å². The molecule has 1 N–H and O–H groups in total. The van der Waals surface area contributed by atoms with E-state index in [4.69, 9.17) is 4.74 Å². The van der Waals surface area contributed by atoms with Crippen molar-refractivity contribution in [1.82, 2.24) is 0 Å². The van der Waals surface area contributed by atoms with Crippen molar-refractivity contribution in [3.63, 3.8) is 0 Å². The van der Waals surface area contributed by atoms with Crippen LogP contribution >= 0.6 is 0 Å². The molecule has 0 radical (unpaired) electrons. The molecule has 0 aromatic heterocycles. The lowest BCUT2D eigenvalue weighted by Crippen LogP contribution is -2.20. The van der Waals surface area contributed by atoms with Gasteiger partial charge in [-0.2, -0.15) is 0 Å². The van der Waals surface area contributed by atoms with Gasteiger partial charge in [0.1, 0.15) is 12.4 Å². The van der Waals surface area contributed by atoms with E-state index in [1.807, 2.05) is 12.1 Å². The summed E-state index contributed by atoms with van der Waals surface area (Å²) in [6.45, 7) is 7.14. The lowest BCUT2D eigenvalue weighted by atomic mass is 9.82. The van der Waals surface area contributed by atoms with E-state index >= 15 is 0 Å². The highest BCUT2D eigenvalue weighted by molar-refractivity contribution is 5.31. The summed E-state index contributed by atoms with van der Waals surface area (Å²) >= 11 is 0. The zero-order valence-corrected chi connectivity index (χ0v) is 13.8. The quantitative estimate of drug-likeness (QED) is 0.789. The fourth-order valence-corrected chi connectivity index (χ4v) is 3.10. The maximum Gasteiger partial charge on any atom is 0.119 e. The first-order valence-corrected chi connectivity index (χ1v) is 8.42. The smallest absolute Gasteiger partial charge is 0.119 e. The van der Waals surface area contributed by atoms with Gasteiger partial charge < -0.3 is 9.84 Å². The number of ether oxygens (including phenoxy) is 1. The Kier molecular flexibility index (Phi) is 5.69. The van der Waals surface area contributed by atoms with Crippen molar-refractivity contribution < 1.29 is 9.84 Å². The van der Waals surface area contributed by atoms with Gasteiger partial charge in [-0.25, -0.2) is 0 Å². The Morgan fingerprint density at radius 2 is 1.81 bits per heavy atom. The predicted molar refractivity (Wildman–Crippen MR) is 87.8 cm³/mol. The second-order valence-corrected chi connectivity index (χ2v) is 7.11. The summed E-state index contributed by atoms with van der Waals surface area (Å²) in [5.41, 5.74) is 1.55. The molecule has 1 aromatic carbocycles. The van der Waals surface area contributed by atoms with Crippen LogP contribution in [0, 0.1) is 5.92 Å². The normalized spacial score (nSPS) is 17.9. The Morgan fingerprint density at radius 3 is 2.38 bits per heavy atom. The molecule has 0 amide bonds. The van der Waals surface area contributed by atoms with Gasteiger partial charge in [-0.3, -0.25) is 0 Å². The van der Waals surface area contributed by atoms with E-state index in [0.29, 0.717) is 12.5 Å². The minimum atomic E-state index is -0.333. The second-order valence-electron chi connectivity index (χ2n) is 7.11. The van der Waals surface area contributed by atoms with Crippen molar-refractivity contribution in [3.05, 3.63) is 29.8 Å². The molecule has 1 atom stereocenters. The summed E-state index contributed by atoms with van der Waals surface area (Å²) in [6.07, 6.45) is 6.88. The molecular weight excluding hydrogens is 260 g/mol. The molecular formula is C19H30O2. The third-order valence-electron chi connectivity index (χ3n) is 5.04. The van der Waals surface area contributed by atoms with E-state index in [1.165, 1.54) is 31.2 Å². The van der Waals surface area contributed by atoms with Crippen LogP contribution in [0.2, 0.25) is 0 Å². The standard InChI is InChI=1S/C19H30O2/c1-4-19(2,3)16-9-11-18(12-10-16)21-14-17(20)13-15-7-5-6-8-15/h9-12,15,17,20H,4-8,13-14H2,1-3H3. The maximum absolute atomic E-state index is 10.1. The molecule has 0 heterocycles. The Hall–Kier alpha value is -1.02. The summed E-state index contributed by atoms with van der Waals surface area (Å²) in [5, 5.41) is 10.1. The lowest BCUT2D eigenvalue weighted by molar-refractivity contribution is 0.0855. The molecule has 118 valence electrons. The molecule has 2 nitrogen and oxygen atoms in total. The first-order valence-electron chi connectivity index (χ1n) is 8.42. The van der Waals surface area contributed by atoms with Crippen LogP contribution in [0.5, 0.6) is 5.75 Å². The molecule has 1 aromatic rings. The Bertz CT molecular complexity index is 416. The summed E-state index contributed by atoms with van der Waals surface area (Å²) in [4.78, 5) is 0. The van der Waals surface area contributed by atoms with E-state index in [1.54, 1.807) is 0 Å². The van der Waals surface area contributed by atoms with Crippen molar-refractivity contribution in [1.29, 1.82) is 0 Å². The zero-order chi connectivity index (χ0) is 15.3. The molecule has 1 aliphatic carbocycles. The van der Waals surface area contributed by atoms with Gasteiger partial charge >= 0.3 is 0 Å². The van der Waals surface area contributed by atoms with Crippen molar-refractivity contribution in [2.24, 2.45) is 5.92 Å². The summed E-state index contributed by atoms with van der Waals surface area (Å²) in [7, 11) is 0. The van der Waals surface area contributed by atoms with Gasteiger partial charge in [-0.1, -0.05) is 58.6 Å². The van der Waals surface area contributed by atoms with Crippen molar-refractivity contribution >= 4 is 0 Å². The minimum absolute atomic E-state index is 0.209. The molecule has 1 aliphatic rings. The minimum Gasteiger partial charge on any atom is -0.491 e. The molecule has 0 bridgehead atoms. The third-order valence-corrected chi connectivity index (χ3v) is 5.04. The number of aliphatic hydroxyl groups excluding tert-OH is 1. The van der Waals surface area contributed by atoms with Gasteiger partial charge in [0.25, 0.3) is 0 Å². The average Bonchev–Trinajstić information content (AvgIpc) is 2.98. The number of hydrogen-bond acceptors (Lipinski definition) is 2. The van der Waals surface area contributed by atoms with Crippen molar-refractivity contribution in [2.45, 2.75) is 70.8 Å². The van der Waals surface area contributed by atoms with E-state index in [-0.39, 0.29) is 11.5 Å². The van der Waals surface area contributed by atoms with Crippen LogP contribution in [0.4, 0.5) is 0 Å². The average molecular weight is 290 g/mol. The van der Waals surface area contributed by atoms with Crippen molar-refractivity contribution in [2.75, 3.05) is 6.61 Å². The number of benzene rings is 1. The van der Waals surface area contributed by atoms with Gasteiger partial charge in [0.15, 0.2) is 0 Å². The van der Waals surface area contributed by atoms with E-state index < -0.39 is 0 Å². The molecule has 2 rings (SSSR count). The summed E-state index contributed by atoms with van der Waals surface area (Å²) in [6, 6.07) is 8.33. The largest absolute Gasteiger partial charge is 0.491 e. The fraction of sp³-hybridized carbons (Fsp3) is 0.684. The van der Waals surface area contributed by atoms with Crippen LogP contribution < -0.4 is 4.74 Å². The van der Waals surface area contributed by atoms with Gasteiger partial charge in [-0.15, -0.1) is 0 Å². The van der Waals surface area contributed by atoms with Crippen LogP contribution in [0.15, 0.2) is 24.3 Å². The fourth-order valence-electron chi connectivity index (χ4n) is 3.10. The Balaban J connectivity index is 1.80. The molecule has 21 heavy (non-hydrogen) atoms. The summed E-state index contributed by atoms with van der Waals surface area (Å²) in [5.74, 6) is 1.56. The third kappa shape index (κ3) is 4.74. The van der Waals surface area contributed by atoms with Crippen LogP contribution in [-0.4, -0.2) is 17.8 Å². The maximum atomic E-state index is 10.1. The van der Waals surface area contributed by atoms with Crippen LogP contribution in [0.3, 0.4) is 0 Å². The molecule has 1 saturated carbocycles. The lowest BCUT2D eigenvalue weighted by Gasteiger charge is -2.23. The molecule has 2 heteroatoms. The Morgan fingerprint density at radius 1 is 1.19 bits per heavy atom. The monoisotopic (exact) mass is 290 g/mol. The Labute approximate surface area is 129 Å². The van der Waals surface area contributed by atoms with Gasteiger partial charge in [0, 0.05) is 0 Å². The zero-order valence-electron chi connectivity index (χ0n) is 13.8. The number of rotatable bonds is 7. The molecule has 0 saturated heterocycles. The molecule has 0 aliphatic heterocycles.